The second-order valence-electron chi connectivity index (χ2n) is 5.67. The van der Waals surface area contributed by atoms with E-state index in [2.05, 4.69) is 30.2 Å². The summed E-state index contributed by atoms with van der Waals surface area (Å²) in [5.41, 5.74) is 3.65. The fourth-order valence-electron chi connectivity index (χ4n) is 2.75. The number of hydrogen-bond acceptors (Lipinski definition) is 4. The summed E-state index contributed by atoms with van der Waals surface area (Å²) < 4.78 is 7.27. The van der Waals surface area contributed by atoms with Gasteiger partial charge in [-0.1, -0.05) is 0 Å². The Bertz CT molecular complexity index is 701. The summed E-state index contributed by atoms with van der Waals surface area (Å²) in [4.78, 5) is 4.51. The molecule has 1 aliphatic rings. The monoisotopic (exact) mass is 287 g/mol. The van der Waals surface area contributed by atoms with Gasteiger partial charge in [0, 0.05) is 24.2 Å². The Kier molecular flexibility index (Phi) is 3.59. The number of aromatic hydroxyl groups is 1. The van der Waals surface area contributed by atoms with Gasteiger partial charge in [0.15, 0.2) is 0 Å². The Hall–Kier alpha value is -2.01. The summed E-state index contributed by atoms with van der Waals surface area (Å²) in [6.45, 7) is 5.96. The molecule has 2 heterocycles. The van der Waals surface area contributed by atoms with Gasteiger partial charge in [0.2, 0.25) is 5.88 Å². The number of benzene rings is 1. The first-order chi connectivity index (χ1) is 10.1. The molecule has 0 unspecified atom stereocenters. The van der Waals surface area contributed by atoms with Gasteiger partial charge in [0.1, 0.15) is 0 Å². The quantitative estimate of drug-likeness (QED) is 0.912. The summed E-state index contributed by atoms with van der Waals surface area (Å²) >= 11 is 0. The molecule has 0 bridgehead atoms. The molecule has 0 amide bonds. The maximum absolute atomic E-state index is 10.5. The van der Waals surface area contributed by atoms with Gasteiger partial charge in [0.25, 0.3) is 0 Å². The Morgan fingerprint density at radius 3 is 2.86 bits per heavy atom. The third kappa shape index (κ3) is 2.49. The standard InChI is InChI=1S/C16H21N3O2/c1-10(2)18-11-4-5-14-12(8-11)15(16(20)19(14)3)13-9-21-7-6-17-13/h4-5,8,10,18,20H,6-7,9H2,1-3H3. The molecule has 1 aromatic carbocycles. The van der Waals surface area contributed by atoms with E-state index in [0.29, 0.717) is 25.8 Å². The van der Waals surface area contributed by atoms with Crippen LogP contribution in [0.4, 0.5) is 5.69 Å². The summed E-state index contributed by atoms with van der Waals surface area (Å²) in [6.07, 6.45) is 0. The van der Waals surface area contributed by atoms with E-state index in [1.54, 1.807) is 4.57 Å². The number of hydrogen-bond donors (Lipinski definition) is 2. The molecule has 0 saturated heterocycles. The topological polar surface area (TPSA) is 58.8 Å². The summed E-state index contributed by atoms with van der Waals surface area (Å²) in [7, 11) is 1.86. The first-order valence-electron chi connectivity index (χ1n) is 7.27. The lowest BCUT2D eigenvalue weighted by Gasteiger charge is -2.13. The second-order valence-corrected chi connectivity index (χ2v) is 5.67. The molecule has 0 spiro atoms. The molecule has 3 rings (SSSR count). The first kappa shape index (κ1) is 13.9. The zero-order valence-corrected chi connectivity index (χ0v) is 12.7. The Morgan fingerprint density at radius 1 is 1.38 bits per heavy atom. The molecular weight excluding hydrogens is 266 g/mol. The maximum atomic E-state index is 10.5. The number of nitrogens with zero attached hydrogens (tertiary/aromatic N) is 2. The number of nitrogens with one attached hydrogen (secondary N) is 1. The van der Waals surface area contributed by atoms with Crippen molar-refractivity contribution in [3.05, 3.63) is 23.8 Å². The average Bonchev–Trinajstić information content (AvgIpc) is 2.71. The molecule has 0 radical (unpaired) electrons. The minimum absolute atomic E-state index is 0.246. The van der Waals surface area contributed by atoms with E-state index >= 15 is 0 Å². The number of ether oxygens (including phenoxy) is 1. The molecule has 0 atom stereocenters. The van der Waals surface area contributed by atoms with Crippen LogP contribution in [-0.2, 0) is 11.8 Å². The highest BCUT2D eigenvalue weighted by Crippen LogP contribution is 2.33. The van der Waals surface area contributed by atoms with E-state index in [1.165, 1.54) is 0 Å². The van der Waals surface area contributed by atoms with Crippen LogP contribution in [0.2, 0.25) is 0 Å². The first-order valence-corrected chi connectivity index (χ1v) is 7.27. The van der Waals surface area contributed by atoms with Crippen molar-refractivity contribution in [3.8, 4) is 5.88 Å². The van der Waals surface area contributed by atoms with Crippen LogP contribution in [0.15, 0.2) is 23.2 Å². The zero-order chi connectivity index (χ0) is 15.0. The minimum atomic E-state index is 0.246. The molecule has 5 nitrogen and oxygen atoms in total. The van der Waals surface area contributed by atoms with Crippen molar-refractivity contribution >= 4 is 22.3 Å². The molecule has 0 aliphatic carbocycles. The van der Waals surface area contributed by atoms with Gasteiger partial charge in [-0.25, -0.2) is 0 Å². The third-order valence-corrected chi connectivity index (χ3v) is 3.69. The van der Waals surface area contributed by atoms with Crippen LogP contribution in [-0.4, -0.2) is 41.2 Å². The second kappa shape index (κ2) is 5.41. The van der Waals surface area contributed by atoms with Crippen LogP contribution in [0.5, 0.6) is 5.88 Å². The molecule has 0 saturated carbocycles. The highest BCUT2D eigenvalue weighted by molar-refractivity contribution is 6.14. The lowest BCUT2D eigenvalue weighted by atomic mass is 10.1. The van der Waals surface area contributed by atoms with E-state index in [9.17, 15) is 5.11 Å². The van der Waals surface area contributed by atoms with E-state index in [4.69, 9.17) is 4.74 Å². The average molecular weight is 287 g/mol. The van der Waals surface area contributed by atoms with Crippen LogP contribution < -0.4 is 5.32 Å². The van der Waals surface area contributed by atoms with Crippen LogP contribution >= 0.6 is 0 Å². The maximum Gasteiger partial charge on any atom is 0.201 e. The number of aryl methyl sites for hydroxylation is 1. The molecule has 21 heavy (non-hydrogen) atoms. The zero-order valence-electron chi connectivity index (χ0n) is 12.7. The summed E-state index contributed by atoms with van der Waals surface area (Å²) in [5, 5.41) is 14.9. The van der Waals surface area contributed by atoms with E-state index in [-0.39, 0.29) is 5.88 Å². The molecule has 2 aromatic rings. The Labute approximate surface area is 124 Å². The van der Waals surface area contributed by atoms with Gasteiger partial charge >= 0.3 is 0 Å². The molecule has 1 aliphatic heterocycles. The molecule has 1 aromatic heterocycles. The van der Waals surface area contributed by atoms with Crippen LogP contribution in [0, 0.1) is 0 Å². The van der Waals surface area contributed by atoms with Gasteiger partial charge in [-0.05, 0) is 32.0 Å². The van der Waals surface area contributed by atoms with Crippen molar-refractivity contribution in [1.82, 2.24) is 4.57 Å². The van der Waals surface area contributed by atoms with Gasteiger partial charge < -0.3 is 19.7 Å². The minimum Gasteiger partial charge on any atom is -0.494 e. The molecule has 5 heteroatoms. The fraction of sp³-hybridized carbons (Fsp3) is 0.438. The van der Waals surface area contributed by atoms with Crippen LogP contribution in [0.3, 0.4) is 0 Å². The smallest absolute Gasteiger partial charge is 0.201 e. The van der Waals surface area contributed by atoms with Crippen molar-refractivity contribution in [2.45, 2.75) is 19.9 Å². The van der Waals surface area contributed by atoms with Crippen molar-refractivity contribution in [2.24, 2.45) is 12.0 Å². The van der Waals surface area contributed by atoms with Crippen LogP contribution in [0.25, 0.3) is 10.9 Å². The number of fused-ring (bicyclic) bond motifs is 1. The largest absolute Gasteiger partial charge is 0.494 e. The fourth-order valence-corrected chi connectivity index (χ4v) is 2.75. The lowest BCUT2D eigenvalue weighted by molar-refractivity contribution is 0.171. The lowest BCUT2D eigenvalue weighted by Crippen LogP contribution is -2.18. The highest BCUT2D eigenvalue weighted by Gasteiger charge is 2.21. The van der Waals surface area contributed by atoms with Gasteiger partial charge in [-0.2, -0.15) is 0 Å². The molecular formula is C16H21N3O2. The van der Waals surface area contributed by atoms with E-state index in [1.807, 2.05) is 19.2 Å². The molecule has 0 fully saturated rings. The number of aromatic nitrogens is 1. The number of aliphatic imine (C=N–C) groups is 1. The van der Waals surface area contributed by atoms with Crippen molar-refractivity contribution < 1.29 is 9.84 Å². The van der Waals surface area contributed by atoms with Gasteiger partial charge in [0.05, 0.1) is 36.6 Å². The van der Waals surface area contributed by atoms with E-state index < -0.39 is 0 Å². The van der Waals surface area contributed by atoms with Crippen LogP contribution in [0.1, 0.15) is 19.4 Å². The third-order valence-electron chi connectivity index (χ3n) is 3.69. The highest BCUT2D eigenvalue weighted by atomic mass is 16.5. The molecule has 112 valence electrons. The Morgan fingerprint density at radius 2 is 2.19 bits per heavy atom. The normalized spacial score (nSPS) is 15.5. The van der Waals surface area contributed by atoms with E-state index in [0.717, 1.165) is 27.9 Å². The van der Waals surface area contributed by atoms with Crippen molar-refractivity contribution in [1.29, 1.82) is 0 Å². The predicted octanol–water partition coefficient (Wildman–Crippen LogP) is 2.52. The number of anilines is 1. The number of rotatable bonds is 3. The Balaban J connectivity index is 2.17. The summed E-state index contributed by atoms with van der Waals surface area (Å²) in [6, 6.07) is 6.48. The van der Waals surface area contributed by atoms with Gasteiger partial charge in [-0.3, -0.25) is 4.99 Å². The molecule has 2 N–H and O–H groups in total. The van der Waals surface area contributed by atoms with Crippen molar-refractivity contribution in [3.63, 3.8) is 0 Å². The SMILES string of the molecule is CC(C)Nc1ccc2c(c1)c(C1=NCCOC1)c(O)n2C. The van der Waals surface area contributed by atoms with Crippen molar-refractivity contribution in [2.75, 3.05) is 25.1 Å². The predicted molar refractivity (Wildman–Crippen MR) is 85.6 cm³/mol. The van der Waals surface area contributed by atoms with Gasteiger partial charge in [-0.15, -0.1) is 0 Å². The summed E-state index contributed by atoms with van der Waals surface area (Å²) in [5.74, 6) is 0.246.